The average Bonchev–Trinajstić information content (AvgIpc) is 3.21. The third-order valence-corrected chi connectivity index (χ3v) is 16.4. The monoisotopic (exact) mass is 831 g/mol. The van der Waals surface area contributed by atoms with E-state index >= 15 is 0 Å². The Labute approximate surface area is 354 Å². The highest BCUT2D eigenvalue weighted by molar-refractivity contribution is 6.74. The van der Waals surface area contributed by atoms with Crippen LogP contribution in [-0.4, -0.2) is 49.1 Å². The SMILES string of the molecule is CC(C)(C)[Si](C)(C)O[C@@H](CNCc1ccc(NC(=O)CCCCc2ccc(-c3ccccc3)c(NC(=O)OC3CCC(N)CC3)c2)cc1)c1ccc(O)c2[nH]c(=O)ccc12. The molecule has 11 nitrogen and oxygen atoms in total. The molecule has 7 N–H and O–H groups in total. The van der Waals surface area contributed by atoms with E-state index in [2.05, 4.69) is 60.9 Å². The maximum atomic E-state index is 13.0. The van der Waals surface area contributed by atoms with Gasteiger partial charge in [-0.2, -0.15) is 0 Å². The van der Waals surface area contributed by atoms with Crippen molar-refractivity contribution in [3.63, 3.8) is 0 Å². The summed E-state index contributed by atoms with van der Waals surface area (Å²) in [5.41, 5.74) is 12.6. The van der Waals surface area contributed by atoms with Gasteiger partial charge in [-0.3, -0.25) is 14.9 Å². The maximum absolute atomic E-state index is 13.0. The fourth-order valence-electron chi connectivity index (χ4n) is 7.40. The molecule has 4 aromatic carbocycles. The van der Waals surface area contributed by atoms with Gasteiger partial charge in [0.05, 0.1) is 17.3 Å². The van der Waals surface area contributed by atoms with Crippen molar-refractivity contribution in [1.29, 1.82) is 0 Å². The largest absolute Gasteiger partial charge is 0.506 e. The van der Waals surface area contributed by atoms with Crippen molar-refractivity contribution in [2.24, 2.45) is 5.73 Å². The Hall–Kier alpha value is -5.27. The number of H-pyrrole nitrogens is 1. The number of unbranched alkanes of at least 4 members (excludes halogenated alkanes) is 1. The minimum Gasteiger partial charge on any atom is -0.506 e. The van der Waals surface area contributed by atoms with Gasteiger partial charge < -0.3 is 35.6 Å². The first kappa shape index (κ1) is 44.3. The molecule has 0 bridgehead atoms. The van der Waals surface area contributed by atoms with Crippen molar-refractivity contribution in [2.45, 2.75) is 115 Å². The van der Waals surface area contributed by atoms with E-state index in [1.807, 2.05) is 72.8 Å². The second-order valence-electron chi connectivity index (χ2n) is 17.5. The predicted molar refractivity (Wildman–Crippen MR) is 244 cm³/mol. The molecule has 5 aromatic rings. The Morgan fingerprint density at radius 2 is 1.60 bits per heavy atom. The van der Waals surface area contributed by atoms with E-state index in [9.17, 15) is 19.5 Å². The minimum atomic E-state index is -2.21. The summed E-state index contributed by atoms with van der Waals surface area (Å²) in [6.45, 7) is 12.1. The smallest absolute Gasteiger partial charge is 0.411 e. The molecule has 1 saturated carbocycles. The lowest BCUT2D eigenvalue weighted by atomic mass is 9.94. The molecule has 1 atom stereocenters. The summed E-state index contributed by atoms with van der Waals surface area (Å²) in [6.07, 6.45) is 5.06. The van der Waals surface area contributed by atoms with Gasteiger partial charge in [-0.1, -0.05) is 81.4 Å². The molecule has 318 valence electrons. The Morgan fingerprint density at radius 1 is 0.883 bits per heavy atom. The lowest BCUT2D eigenvalue weighted by Gasteiger charge is -2.39. The Bertz CT molecular complexity index is 2280. The second-order valence-corrected chi connectivity index (χ2v) is 22.3. The molecule has 1 fully saturated rings. The number of carbonyl (C=O) groups excluding carboxylic acids is 2. The molecule has 0 aliphatic heterocycles. The highest BCUT2D eigenvalue weighted by Crippen LogP contribution is 2.41. The van der Waals surface area contributed by atoms with Crippen LogP contribution in [0.3, 0.4) is 0 Å². The molecule has 0 spiro atoms. The fourth-order valence-corrected chi connectivity index (χ4v) is 8.67. The molecule has 0 unspecified atom stereocenters. The van der Waals surface area contributed by atoms with Crippen molar-refractivity contribution < 1.29 is 23.9 Å². The number of benzene rings is 4. The number of nitrogens with one attached hydrogen (secondary N) is 4. The number of hydrogen-bond donors (Lipinski definition) is 6. The number of hydrogen-bond acceptors (Lipinski definition) is 8. The standard InChI is InChI=1S/C48H61N5O6Si/c1-48(2,3)60(4,5)59-43(39-25-27-42(54)46-40(39)26-28-45(56)53-46)31-50-30-33-15-20-36(21-16-33)51-44(55)14-10-9-11-32-17-24-38(34-12-7-6-8-13-34)41(29-32)52-47(57)58-37-22-18-35(49)19-23-37/h6-8,12-13,15-17,20-21,24-29,35,37,43,50,54H,9-11,14,18-19,22-23,30-31,49H2,1-5H3,(H,51,55)(H,52,57)(H,53,56)/t35?,37?,43-/m0/s1. The third-order valence-electron chi connectivity index (χ3n) is 11.9. The summed E-state index contributed by atoms with van der Waals surface area (Å²) >= 11 is 0. The van der Waals surface area contributed by atoms with Crippen LogP contribution in [0.5, 0.6) is 5.75 Å². The molecule has 1 aliphatic carbocycles. The van der Waals surface area contributed by atoms with E-state index in [0.717, 1.165) is 77.4 Å². The molecule has 2 amide bonds. The number of rotatable bonds is 16. The summed E-state index contributed by atoms with van der Waals surface area (Å²) in [5.74, 6) is -0.0191. The van der Waals surface area contributed by atoms with E-state index in [0.29, 0.717) is 37.1 Å². The number of amides is 2. The van der Waals surface area contributed by atoms with Crippen LogP contribution in [0, 0.1) is 0 Å². The number of phenols is 1. The minimum absolute atomic E-state index is 0.0206. The van der Waals surface area contributed by atoms with Crippen LogP contribution >= 0.6 is 0 Å². The molecular formula is C48H61N5O6Si. The number of carbonyl (C=O) groups is 2. The molecule has 0 radical (unpaired) electrons. The zero-order valence-corrected chi connectivity index (χ0v) is 36.6. The van der Waals surface area contributed by atoms with Crippen LogP contribution in [-0.2, 0) is 26.9 Å². The van der Waals surface area contributed by atoms with Gasteiger partial charge in [0.15, 0.2) is 8.32 Å². The average molecular weight is 832 g/mol. The second kappa shape index (κ2) is 19.9. The number of pyridine rings is 1. The van der Waals surface area contributed by atoms with Crippen LogP contribution in [0.15, 0.2) is 102 Å². The van der Waals surface area contributed by atoms with E-state index < -0.39 is 14.4 Å². The van der Waals surface area contributed by atoms with Gasteiger partial charge in [0.2, 0.25) is 11.5 Å². The van der Waals surface area contributed by atoms with Crippen LogP contribution in [0.25, 0.3) is 22.0 Å². The molecule has 6 rings (SSSR count). The van der Waals surface area contributed by atoms with E-state index in [4.69, 9.17) is 14.9 Å². The van der Waals surface area contributed by atoms with Crippen molar-refractivity contribution in [2.75, 3.05) is 17.2 Å². The van der Waals surface area contributed by atoms with Crippen molar-refractivity contribution in [3.05, 3.63) is 124 Å². The summed E-state index contributed by atoms with van der Waals surface area (Å²) in [4.78, 5) is 40.8. The molecule has 1 aromatic heterocycles. The summed E-state index contributed by atoms with van der Waals surface area (Å²) in [5, 5.41) is 20.8. The summed E-state index contributed by atoms with van der Waals surface area (Å²) in [6, 6.07) is 30.8. The normalized spacial score (nSPS) is 16.3. The van der Waals surface area contributed by atoms with Gasteiger partial charge in [-0.05, 0) is 116 Å². The zero-order chi connectivity index (χ0) is 42.9. The topological polar surface area (TPSA) is 168 Å². The molecule has 1 heterocycles. The molecule has 12 heteroatoms. The van der Waals surface area contributed by atoms with E-state index in [-0.39, 0.29) is 40.5 Å². The fraction of sp³-hybridized carbons (Fsp3) is 0.396. The first-order chi connectivity index (χ1) is 28.6. The van der Waals surface area contributed by atoms with Gasteiger partial charge in [-0.25, -0.2) is 4.79 Å². The van der Waals surface area contributed by atoms with Crippen molar-refractivity contribution in [1.82, 2.24) is 10.3 Å². The number of fused-ring (bicyclic) bond motifs is 1. The first-order valence-electron chi connectivity index (χ1n) is 21.2. The zero-order valence-electron chi connectivity index (χ0n) is 35.6. The number of nitrogens with two attached hydrogens (primary N) is 1. The highest BCUT2D eigenvalue weighted by Gasteiger charge is 2.39. The number of aromatic amines is 1. The Balaban J connectivity index is 0.997. The van der Waals surface area contributed by atoms with Gasteiger partial charge in [0.1, 0.15) is 11.9 Å². The summed E-state index contributed by atoms with van der Waals surface area (Å²) in [7, 11) is -2.21. The number of phenolic OH excluding ortho intramolecular Hbond substituents is 1. The van der Waals surface area contributed by atoms with Crippen LogP contribution in [0.2, 0.25) is 18.1 Å². The van der Waals surface area contributed by atoms with Gasteiger partial charge in [0.25, 0.3) is 0 Å². The lowest BCUT2D eigenvalue weighted by molar-refractivity contribution is -0.116. The molecular weight excluding hydrogens is 771 g/mol. The number of aryl methyl sites for hydroxylation is 1. The van der Waals surface area contributed by atoms with Crippen LogP contribution < -0.4 is 27.2 Å². The van der Waals surface area contributed by atoms with Crippen LogP contribution in [0.1, 0.15) is 88.5 Å². The Kier molecular flexibility index (Phi) is 14.7. The number of aromatic hydroxyl groups is 1. The maximum Gasteiger partial charge on any atom is 0.411 e. The highest BCUT2D eigenvalue weighted by atomic mass is 28.4. The quantitative estimate of drug-likeness (QED) is 0.0422. The number of aromatic nitrogens is 1. The number of ether oxygens (including phenoxy) is 1. The van der Waals surface area contributed by atoms with E-state index in [1.54, 1.807) is 12.1 Å². The molecule has 60 heavy (non-hydrogen) atoms. The van der Waals surface area contributed by atoms with E-state index in [1.165, 1.54) is 6.07 Å². The van der Waals surface area contributed by atoms with Crippen molar-refractivity contribution in [3.8, 4) is 16.9 Å². The predicted octanol–water partition coefficient (Wildman–Crippen LogP) is 9.92. The van der Waals surface area contributed by atoms with Gasteiger partial charge >= 0.3 is 6.09 Å². The third kappa shape index (κ3) is 11.9. The van der Waals surface area contributed by atoms with Crippen LogP contribution in [0.4, 0.5) is 16.2 Å². The van der Waals surface area contributed by atoms with Gasteiger partial charge in [-0.15, -0.1) is 0 Å². The molecule has 1 aliphatic rings. The van der Waals surface area contributed by atoms with Crippen molar-refractivity contribution >= 4 is 42.6 Å². The first-order valence-corrected chi connectivity index (χ1v) is 24.1. The molecule has 0 saturated heterocycles. The van der Waals surface area contributed by atoms with Gasteiger partial charge in [0, 0.05) is 48.3 Å². The number of anilines is 2. The summed E-state index contributed by atoms with van der Waals surface area (Å²) < 4.78 is 12.7. The Morgan fingerprint density at radius 3 is 2.32 bits per heavy atom. The lowest BCUT2D eigenvalue weighted by Crippen LogP contribution is -2.43.